The van der Waals surface area contributed by atoms with Crippen LogP contribution in [-0.4, -0.2) is 22.1 Å². The summed E-state index contributed by atoms with van der Waals surface area (Å²) in [5.74, 6) is 1.26. The molecule has 1 aromatic heterocycles. The Morgan fingerprint density at radius 3 is 2.83 bits per heavy atom. The molecule has 0 aromatic carbocycles. The molecule has 0 aliphatic heterocycles. The Balaban J connectivity index is 2.09. The molecular formula is C13H19N3O2. The lowest BCUT2D eigenvalue weighted by atomic mass is 9.89. The summed E-state index contributed by atoms with van der Waals surface area (Å²) in [7, 11) is 0. The van der Waals surface area contributed by atoms with E-state index < -0.39 is 0 Å². The lowest BCUT2D eigenvalue weighted by Gasteiger charge is -2.26. The number of aromatic nitrogens is 1. The maximum absolute atomic E-state index is 8.73. The number of hydrogen-bond acceptors (Lipinski definition) is 4. The Morgan fingerprint density at radius 1 is 1.44 bits per heavy atom. The first-order valence-corrected chi connectivity index (χ1v) is 6.30. The van der Waals surface area contributed by atoms with E-state index in [2.05, 4.69) is 17.1 Å². The Hall–Kier alpha value is -1.78. The molecule has 0 unspecified atom stereocenters. The normalized spacial score (nSPS) is 24.8. The number of rotatable bonds is 3. The maximum Gasteiger partial charge on any atom is 0.224 e. The monoisotopic (exact) mass is 249 g/mol. The van der Waals surface area contributed by atoms with Crippen molar-refractivity contribution in [3.05, 3.63) is 23.9 Å². The van der Waals surface area contributed by atoms with Crippen molar-refractivity contribution in [2.45, 2.75) is 38.7 Å². The summed E-state index contributed by atoms with van der Waals surface area (Å²) in [5.41, 5.74) is 6.14. The molecule has 1 aromatic rings. The largest absolute Gasteiger partial charge is 0.474 e. The molecule has 18 heavy (non-hydrogen) atoms. The number of amidine groups is 1. The van der Waals surface area contributed by atoms with Gasteiger partial charge in [-0.05, 0) is 43.7 Å². The second kappa shape index (κ2) is 5.71. The van der Waals surface area contributed by atoms with E-state index in [4.69, 9.17) is 15.7 Å². The minimum atomic E-state index is 0.0299. The predicted octanol–water partition coefficient (Wildman–Crippen LogP) is 2.13. The third kappa shape index (κ3) is 2.91. The second-order valence-electron chi connectivity index (χ2n) is 4.84. The van der Waals surface area contributed by atoms with Crippen molar-refractivity contribution < 1.29 is 9.94 Å². The molecule has 0 atom stereocenters. The van der Waals surface area contributed by atoms with Crippen LogP contribution in [0.15, 0.2) is 23.5 Å². The molecule has 1 fully saturated rings. The summed E-state index contributed by atoms with van der Waals surface area (Å²) < 4.78 is 5.87. The van der Waals surface area contributed by atoms with E-state index in [1.54, 1.807) is 18.3 Å². The van der Waals surface area contributed by atoms with Gasteiger partial charge in [0.1, 0.15) is 6.10 Å². The topological polar surface area (TPSA) is 80.7 Å². The molecule has 0 spiro atoms. The highest BCUT2D eigenvalue weighted by Crippen LogP contribution is 2.27. The van der Waals surface area contributed by atoms with E-state index in [1.807, 2.05) is 0 Å². The highest BCUT2D eigenvalue weighted by atomic mass is 16.5. The summed E-state index contributed by atoms with van der Waals surface area (Å²) in [6.07, 6.45) is 6.25. The summed E-state index contributed by atoms with van der Waals surface area (Å²) in [4.78, 5) is 4.17. The highest BCUT2D eigenvalue weighted by Gasteiger charge is 2.21. The fraction of sp³-hybridized carbons (Fsp3) is 0.538. The number of nitrogens with zero attached hydrogens (tertiary/aromatic N) is 2. The Kier molecular flexibility index (Phi) is 4.02. The van der Waals surface area contributed by atoms with E-state index in [9.17, 15) is 0 Å². The maximum atomic E-state index is 8.73. The van der Waals surface area contributed by atoms with E-state index >= 15 is 0 Å². The Morgan fingerprint density at radius 2 is 2.17 bits per heavy atom. The highest BCUT2D eigenvalue weighted by molar-refractivity contribution is 5.98. The van der Waals surface area contributed by atoms with Crippen molar-refractivity contribution in [3.63, 3.8) is 0 Å². The summed E-state index contributed by atoms with van der Waals surface area (Å²) in [6.45, 7) is 2.26. The molecule has 1 heterocycles. The Labute approximate surface area is 107 Å². The number of ether oxygens (including phenoxy) is 1. The lowest BCUT2D eigenvalue weighted by Crippen LogP contribution is -2.25. The average Bonchev–Trinajstić information content (AvgIpc) is 2.41. The zero-order chi connectivity index (χ0) is 13.0. The van der Waals surface area contributed by atoms with E-state index in [1.165, 1.54) is 12.8 Å². The minimum Gasteiger partial charge on any atom is -0.474 e. The van der Waals surface area contributed by atoms with Gasteiger partial charge in [0.25, 0.3) is 0 Å². The van der Waals surface area contributed by atoms with Gasteiger partial charge in [0, 0.05) is 6.20 Å². The molecule has 5 heteroatoms. The molecule has 2 rings (SSSR count). The second-order valence-corrected chi connectivity index (χ2v) is 4.84. The zero-order valence-electron chi connectivity index (χ0n) is 10.5. The first-order valence-electron chi connectivity index (χ1n) is 6.30. The number of oxime groups is 1. The van der Waals surface area contributed by atoms with Crippen LogP contribution in [0, 0.1) is 5.92 Å². The van der Waals surface area contributed by atoms with Crippen molar-refractivity contribution in [2.75, 3.05) is 0 Å². The first kappa shape index (κ1) is 12.7. The fourth-order valence-corrected chi connectivity index (χ4v) is 2.24. The van der Waals surface area contributed by atoms with Crippen molar-refractivity contribution in [2.24, 2.45) is 16.8 Å². The minimum absolute atomic E-state index is 0.0299. The van der Waals surface area contributed by atoms with Crippen molar-refractivity contribution >= 4 is 5.84 Å². The zero-order valence-corrected chi connectivity index (χ0v) is 10.5. The lowest BCUT2D eigenvalue weighted by molar-refractivity contribution is 0.130. The molecular weight excluding hydrogens is 230 g/mol. The molecule has 1 saturated carbocycles. The molecule has 0 radical (unpaired) electrons. The molecule has 0 amide bonds. The average molecular weight is 249 g/mol. The van der Waals surface area contributed by atoms with Gasteiger partial charge in [-0.2, -0.15) is 0 Å². The van der Waals surface area contributed by atoms with Crippen LogP contribution in [0.25, 0.3) is 0 Å². The SMILES string of the molecule is CC1CCC(Oc2ncccc2/C(N)=N/O)CC1. The predicted molar refractivity (Wildman–Crippen MR) is 68.8 cm³/mol. The molecule has 5 nitrogen and oxygen atoms in total. The van der Waals surface area contributed by atoms with Crippen LogP contribution in [0.1, 0.15) is 38.2 Å². The van der Waals surface area contributed by atoms with Gasteiger partial charge in [-0.1, -0.05) is 12.1 Å². The van der Waals surface area contributed by atoms with Gasteiger partial charge >= 0.3 is 0 Å². The molecule has 1 aliphatic carbocycles. The summed E-state index contributed by atoms with van der Waals surface area (Å²) in [5, 5.41) is 11.7. The van der Waals surface area contributed by atoms with Crippen LogP contribution in [0.5, 0.6) is 5.88 Å². The number of pyridine rings is 1. The summed E-state index contributed by atoms with van der Waals surface area (Å²) in [6, 6.07) is 3.48. The first-order chi connectivity index (χ1) is 8.70. The van der Waals surface area contributed by atoms with Crippen LogP contribution in [0.4, 0.5) is 0 Å². The van der Waals surface area contributed by atoms with E-state index in [0.717, 1.165) is 18.8 Å². The quantitative estimate of drug-likeness (QED) is 0.372. The van der Waals surface area contributed by atoms with Crippen LogP contribution >= 0.6 is 0 Å². The van der Waals surface area contributed by atoms with Gasteiger partial charge in [-0.3, -0.25) is 0 Å². The van der Waals surface area contributed by atoms with Gasteiger partial charge in [-0.15, -0.1) is 0 Å². The molecule has 3 N–H and O–H groups in total. The van der Waals surface area contributed by atoms with Gasteiger partial charge in [0.2, 0.25) is 5.88 Å². The fourth-order valence-electron chi connectivity index (χ4n) is 2.24. The third-order valence-electron chi connectivity index (χ3n) is 3.40. The Bertz CT molecular complexity index is 426. The molecule has 0 bridgehead atoms. The molecule has 1 aliphatic rings. The van der Waals surface area contributed by atoms with E-state index in [-0.39, 0.29) is 11.9 Å². The standard InChI is InChI=1S/C13H19N3O2/c1-9-4-6-10(7-5-9)18-13-11(12(14)16-17)3-2-8-15-13/h2-3,8-10,17H,4-7H2,1H3,(H2,14,16). The molecule has 0 saturated heterocycles. The van der Waals surface area contributed by atoms with Gasteiger partial charge in [0.15, 0.2) is 5.84 Å². The summed E-state index contributed by atoms with van der Waals surface area (Å²) >= 11 is 0. The smallest absolute Gasteiger partial charge is 0.224 e. The van der Waals surface area contributed by atoms with Crippen LogP contribution < -0.4 is 10.5 Å². The van der Waals surface area contributed by atoms with E-state index in [0.29, 0.717) is 11.4 Å². The van der Waals surface area contributed by atoms with Gasteiger partial charge in [0.05, 0.1) is 5.56 Å². The van der Waals surface area contributed by atoms with Crippen molar-refractivity contribution in [1.82, 2.24) is 4.98 Å². The third-order valence-corrected chi connectivity index (χ3v) is 3.40. The molecule has 98 valence electrons. The van der Waals surface area contributed by atoms with Crippen LogP contribution in [0.2, 0.25) is 0 Å². The number of nitrogens with two attached hydrogens (primary N) is 1. The van der Waals surface area contributed by atoms with Crippen molar-refractivity contribution in [3.8, 4) is 5.88 Å². The van der Waals surface area contributed by atoms with Gasteiger partial charge < -0.3 is 15.7 Å². The van der Waals surface area contributed by atoms with Crippen molar-refractivity contribution in [1.29, 1.82) is 0 Å². The van der Waals surface area contributed by atoms with Crippen LogP contribution in [-0.2, 0) is 0 Å². The number of hydrogen-bond donors (Lipinski definition) is 2. The van der Waals surface area contributed by atoms with Crippen LogP contribution in [0.3, 0.4) is 0 Å². The van der Waals surface area contributed by atoms with Gasteiger partial charge in [-0.25, -0.2) is 4.98 Å².